The van der Waals surface area contributed by atoms with Crippen molar-refractivity contribution in [2.45, 2.75) is 0 Å². The van der Waals surface area contributed by atoms with Crippen LogP contribution in [0.25, 0.3) is 0 Å². The van der Waals surface area contributed by atoms with Gasteiger partial charge in [0.1, 0.15) is 11.5 Å². The van der Waals surface area contributed by atoms with Gasteiger partial charge in [0.05, 0.1) is 28.4 Å². The van der Waals surface area contributed by atoms with Crippen LogP contribution in [-0.2, 0) is 0 Å². The standard InChI is InChI=1S/C26H22O6/c1-29-21-14-20(15-22(16-21)30-2)26(28)25(27)19-7-5-6-17(12-19)8-9-18-10-11-23(31-3)24(13-18)32-4/h5-7,10-16H,1-4H3. The average molecular weight is 430 g/mol. The highest BCUT2D eigenvalue weighted by atomic mass is 16.5. The molecule has 0 aliphatic rings. The predicted octanol–water partition coefficient (Wildman–Crippen LogP) is 4.19. The molecule has 3 rings (SSSR count). The Kier molecular flexibility index (Phi) is 7.14. The van der Waals surface area contributed by atoms with Gasteiger partial charge in [-0.25, -0.2) is 0 Å². The van der Waals surface area contributed by atoms with Gasteiger partial charge in [-0.05, 0) is 42.5 Å². The van der Waals surface area contributed by atoms with Gasteiger partial charge in [-0.1, -0.05) is 24.0 Å². The molecule has 162 valence electrons. The molecule has 0 saturated heterocycles. The van der Waals surface area contributed by atoms with Crippen LogP contribution in [0.4, 0.5) is 0 Å². The largest absolute Gasteiger partial charge is 0.497 e. The first-order valence-corrected chi connectivity index (χ1v) is 9.65. The summed E-state index contributed by atoms with van der Waals surface area (Å²) < 4.78 is 20.9. The van der Waals surface area contributed by atoms with Crippen LogP contribution in [0.5, 0.6) is 23.0 Å². The first kappa shape index (κ1) is 22.4. The topological polar surface area (TPSA) is 71.1 Å². The van der Waals surface area contributed by atoms with Gasteiger partial charge in [-0.2, -0.15) is 0 Å². The highest BCUT2D eigenvalue weighted by molar-refractivity contribution is 6.49. The maximum Gasteiger partial charge on any atom is 0.233 e. The van der Waals surface area contributed by atoms with E-state index in [0.717, 1.165) is 5.56 Å². The number of carbonyl (C=O) groups is 2. The summed E-state index contributed by atoms with van der Waals surface area (Å²) in [4.78, 5) is 25.6. The number of rotatable bonds is 7. The highest BCUT2D eigenvalue weighted by Gasteiger charge is 2.20. The van der Waals surface area contributed by atoms with Gasteiger partial charge in [0, 0.05) is 28.3 Å². The molecule has 6 heteroatoms. The minimum absolute atomic E-state index is 0.188. The number of hydrogen-bond donors (Lipinski definition) is 0. The van der Waals surface area contributed by atoms with Gasteiger partial charge >= 0.3 is 0 Å². The quantitative estimate of drug-likeness (QED) is 0.318. The van der Waals surface area contributed by atoms with Gasteiger partial charge in [0.25, 0.3) is 0 Å². The fourth-order valence-corrected chi connectivity index (χ4v) is 3.00. The molecule has 0 N–H and O–H groups in total. The summed E-state index contributed by atoms with van der Waals surface area (Å²) >= 11 is 0. The van der Waals surface area contributed by atoms with E-state index in [0.29, 0.717) is 28.6 Å². The molecule has 0 amide bonds. The summed E-state index contributed by atoms with van der Waals surface area (Å²) in [5.41, 5.74) is 1.75. The Bertz CT molecular complexity index is 1190. The number of ether oxygens (including phenoxy) is 4. The van der Waals surface area contributed by atoms with E-state index in [1.54, 1.807) is 56.7 Å². The van der Waals surface area contributed by atoms with Crippen LogP contribution in [0.2, 0.25) is 0 Å². The summed E-state index contributed by atoms with van der Waals surface area (Å²) in [6, 6.07) is 16.6. The number of ketones is 2. The second-order valence-electron chi connectivity index (χ2n) is 6.66. The molecule has 3 aromatic carbocycles. The van der Waals surface area contributed by atoms with Crippen molar-refractivity contribution in [2.75, 3.05) is 28.4 Å². The van der Waals surface area contributed by atoms with E-state index < -0.39 is 11.6 Å². The van der Waals surface area contributed by atoms with Crippen molar-refractivity contribution in [3.8, 4) is 34.8 Å². The first-order valence-electron chi connectivity index (χ1n) is 9.65. The summed E-state index contributed by atoms with van der Waals surface area (Å²) in [6.07, 6.45) is 0. The number of carbonyl (C=O) groups excluding carboxylic acids is 2. The Morgan fingerprint density at radius 2 is 1.19 bits per heavy atom. The minimum atomic E-state index is -0.660. The molecule has 0 aliphatic carbocycles. The Labute approximate surface area is 186 Å². The van der Waals surface area contributed by atoms with Crippen LogP contribution in [0.3, 0.4) is 0 Å². The lowest BCUT2D eigenvalue weighted by molar-refractivity contribution is 0.0816. The Morgan fingerprint density at radius 1 is 0.594 bits per heavy atom. The van der Waals surface area contributed by atoms with Crippen molar-refractivity contribution >= 4 is 11.6 Å². The van der Waals surface area contributed by atoms with Crippen LogP contribution < -0.4 is 18.9 Å². The van der Waals surface area contributed by atoms with Gasteiger partial charge in [-0.3, -0.25) is 9.59 Å². The number of benzene rings is 3. The molecule has 0 saturated carbocycles. The second kappa shape index (κ2) is 10.2. The molecular formula is C26H22O6. The average Bonchev–Trinajstić information content (AvgIpc) is 2.85. The summed E-state index contributed by atoms with van der Waals surface area (Å²) in [6.45, 7) is 0. The summed E-state index contributed by atoms with van der Waals surface area (Å²) in [7, 11) is 6.07. The summed E-state index contributed by atoms with van der Waals surface area (Å²) in [5, 5.41) is 0. The zero-order valence-corrected chi connectivity index (χ0v) is 18.2. The Balaban J connectivity index is 1.86. The SMILES string of the molecule is COc1cc(OC)cc(C(=O)C(=O)c2cccc(C#Cc3ccc(OC)c(OC)c3)c2)c1. The van der Waals surface area contributed by atoms with Crippen molar-refractivity contribution in [1.82, 2.24) is 0 Å². The lowest BCUT2D eigenvalue weighted by atomic mass is 9.99. The lowest BCUT2D eigenvalue weighted by Crippen LogP contribution is -2.15. The summed E-state index contributed by atoms with van der Waals surface area (Å²) in [5.74, 6) is 6.77. The van der Waals surface area contributed by atoms with Gasteiger partial charge in [0.2, 0.25) is 11.6 Å². The maximum absolute atomic E-state index is 12.8. The first-order chi connectivity index (χ1) is 15.5. The minimum Gasteiger partial charge on any atom is -0.497 e. The molecule has 6 nitrogen and oxygen atoms in total. The smallest absolute Gasteiger partial charge is 0.233 e. The third kappa shape index (κ3) is 5.08. The van der Waals surface area contributed by atoms with E-state index in [1.165, 1.54) is 26.4 Å². The molecule has 0 spiro atoms. The van der Waals surface area contributed by atoms with Crippen LogP contribution in [0.15, 0.2) is 60.7 Å². The highest BCUT2D eigenvalue weighted by Crippen LogP contribution is 2.27. The van der Waals surface area contributed by atoms with Crippen LogP contribution >= 0.6 is 0 Å². The van der Waals surface area contributed by atoms with Crippen LogP contribution in [0.1, 0.15) is 31.8 Å². The van der Waals surface area contributed by atoms with E-state index in [9.17, 15) is 9.59 Å². The molecule has 0 aromatic heterocycles. The second-order valence-corrected chi connectivity index (χ2v) is 6.66. The fourth-order valence-electron chi connectivity index (χ4n) is 3.00. The van der Waals surface area contributed by atoms with Crippen molar-refractivity contribution in [3.63, 3.8) is 0 Å². The fraction of sp³-hybridized carbons (Fsp3) is 0.154. The van der Waals surface area contributed by atoms with E-state index in [4.69, 9.17) is 18.9 Å². The maximum atomic E-state index is 12.8. The number of Topliss-reactive ketones (excluding diaryl/α,β-unsaturated/α-hetero) is 2. The van der Waals surface area contributed by atoms with E-state index in [2.05, 4.69) is 11.8 Å². The van der Waals surface area contributed by atoms with E-state index >= 15 is 0 Å². The lowest BCUT2D eigenvalue weighted by Gasteiger charge is -2.07. The van der Waals surface area contributed by atoms with E-state index in [-0.39, 0.29) is 11.1 Å². The van der Waals surface area contributed by atoms with Gasteiger partial charge < -0.3 is 18.9 Å². The zero-order valence-electron chi connectivity index (χ0n) is 18.2. The molecule has 0 heterocycles. The third-order valence-corrected chi connectivity index (χ3v) is 4.68. The van der Waals surface area contributed by atoms with Crippen LogP contribution in [-0.4, -0.2) is 40.0 Å². The Morgan fingerprint density at radius 3 is 1.78 bits per heavy atom. The molecule has 3 aromatic rings. The molecule has 0 fully saturated rings. The zero-order chi connectivity index (χ0) is 23.1. The van der Waals surface area contributed by atoms with E-state index in [1.807, 2.05) is 6.07 Å². The molecule has 32 heavy (non-hydrogen) atoms. The van der Waals surface area contributed by atoms with Crippen molar-refractivity contribution in [1.29, 1.82) is 0 Å². The van der Waals surface area contributed by atoms with Gasteiger partial charge in [0.15, 0.2) is 11.5 Å². The third-order valence-electron chi connectivity index (χ3n) is 4.68. The molecule has 0 atom stereocenters. The Hall–Kier alpha value is -4.24. The van der Waals surface area contributed by atoms with Gasteiger partial charge in [-0.15, -0.1) is 0 Å². The number of methoxy groups -OCH3 is 4. The normalized spacial score (nSPS) is 9.88. The molecule has 0 radical (unpaired) electrons. The molecular weight excluding hydrogens is 408 g/mol. The molecule has 0 bridgehead atoms. The van der Waals surface area contributed by atoms with Crippen molar-refractivity contribution in [2.24, 2.45) is 0 Å². The molecule has 0 aliphatic heterocycles. The molecule has 0 unspecified atom stereocenters. The number of hydrogen-bond acceptors (Lipinski definition) is 6. The van der Waals surface area contributed by atoms with Crippen LogP contribution in [0, 0.1) is 11.8 Å². The van der Waals surface area contributed by atoms with Crippen molar-refractivity contribution < 1.29 is 28.5 Å². The predicted molar refractivity (Wildman–Crippen MR) is 120 cm³/mol. The van der Waals surface area contributed by atoms with Crippen molar-refractivity contribution in [3.05, 3.63) is 82.9 Å². The monoisotopic (exact) mass is 430 g/mol.